The molecule has 7 heteroatoms. The van der Waals surface area contributed by atoms with Gasteiger partial charge >= 0.3 is 0 Å². The van der Waals surface area contributed by atoms with Crippen LogP contribution in [0.2, 0.25) is 0 Å². The van der Waals surface area contributed by atoms with E-state index in [1.165, 1.54) is 5.56 Å². The van der Waals surface area contributed by atoms with Gasteiger partial charge in [-0.2, -0.15) is 4.52 Å². The first-order valence-electron chi connectivity index (χ1n) is 9.53. The molecule has 1 aliphatic carbocycles. The van der Waals surface area contributed by atoms with Crippen LogP contribution in [0, 0.1) is 19.8 Å². The molecular formula is C21H21N5O2. The van der Waals surface area contributed by atoms with Crippen LogP contribution in [-0.2, 0) is 17.9 Å². The fraction of sp³-hybridized carbons (Fsp3) is 0.333. The quantitative estimate of drug-likeness (QED) is 0.534. The van der Waals surface area contributed by atoms with E-state index in [1.807, 2.05) is 17.0 Å². The van der Waals surface area contributed by atoms with Gasteiger partial charge in [-0.05, 0) is 66.4 Å². The predicted molar refractivity (Wildman–Crippen MR) is 103 cm³/mol. The van der Waals surface area contributed by atoms with Crippen LogP contribution >= 0.6 is 0 Å². The Kier molecular flexibility index (Phi) is 3.89. The molecule has 0 spiro atoms. The zero-order valence-electron chi connectivity index (χ0n) is 15.9. The van der Waals surface area contributed by atoms with E-state index in [-0.39, 0.29) is 11.8 Å². The van der Waals surface area contributed by atoms with Crippen molar-refractivity contribution in [2.24, 2.45) is 5.92 Å². The number of hydrogen-bond donors (Lipinski definition) is 0. The largest absolute Gasteiger partial charge is 0.467 e. The van der Waals surface area contributed by atoms with Crippen molar-refractivity contribution < 1.29 is 9.21 Å². The van der Waals surface area contributed by atoms with E-state index in [2.05, 4.69) is 47.6 Å². The number of carbonyl (C=O) groups excluding carboxylic acids is 1. The highest BCUT2D eigenvalue weighted by Gasteiger charge is 2.34. The van der Waals surface area contributed by atoms with E-state index in [0.717, 1.165) is 40.6 Å². The number of benzene rings is 1. The second-order valence-corrected chi connectivity index (χ2v) is 7.58. The van der Waals surface area contributed by atoms with Gasteiger partial charge in [0, 0.05) is 23.4 Å². The molecular weight excluding hydrogens is 354 g/mol. The molecule has 1 aromatic carbocycles. The Morgan fingerprint density at radius 2 is 2.11 bits per heavy atom. The topological polar surface area (TPSA) is 76.5 Å². The van der Waals surface area contributed by atoms with Gasteiger partial charge in [0.15, 0.2) is 5.65 Å². The van der Waals surface area contributed by atoms with E-state index in [1.54, 1.807) is 10.8 Å². The number of fused-ring (bicyclic) bond motifs is 3. The summed E-state index contributed by atoms with van der Waals surface area (Å²) in [4.78, 5) is 14.8. The van der Waals surface area contributed by atoms with E-state index in [0.29, 0.717) is 18.7 Å². The number of aromatic nitrogens is 4. The molecule has 142 valence electrons. The molecule has 0 aliphatic heterocycles. The molecule has 28 heavy (non-hydrogen) atoms. The summed E-state index contributed by atoms with van der Waals surface area (Å²) in [5.41, 5.74) is 4.98. The zero-order chi connectivity index (χ0) is 19.3. The van der Waals surface area contributed by atoms with Crippen LogP contribution in [0.3, 0.4) is 0 Å². The number of aryl methyl sites for hydroxylation is 2. The number of amides is 1. The first kappa shape index (κ1) is 16.9. The number of tetrazole rings is 1. The lowest BCUT2D eigenvalue weighted by molar-refractivity contribution is -0.134. The summed E-state index contributed by atoms with van der Waals surface area (Å²) in [6, 6.07) is 10.0. The smallest absolute Gasteiger partial charge is 0.226 e. The summed E-state index contributed by atoms with van der Waals surface area (Å²) in [5.74, 6) is 1.08. The normalized spacial score (nSPS) is 14.1. The van der Waals surface area contributed by atoms with Gasteiger partial charge in [0.1, 0.15) is 5.76 Å². The standard InChI is InChI=1S/C21H21N5O2/c1-13-5-6-16-10-17(20-22-23-24-26(20)19(16)14(13)2)11-25(21(27)15-7-8-15)12-18-4-3-9-28-18/h3-6,9-10,15H,7-8,11-12H2,1-2H3. The first-order chi connectivity index (χ1) is 13.6. The molecule has 3 aromatic heterocycles. The van der Waals surface area contributed by atoms with Gasteiger partial charge < -0.3 is 9.32 Å². The Morgan fingerprint density at radius 1 is 1.25 bits per heavy atom. The highest BCUT2D eigenvalue weighted by atomic mass is 16.3. The summed E-state index contributed by atoms with van der Waals surface area (Å²) in [6.45, 7) is 5.06. The number of carbonyl (C=O) groups is 1. The summed E-state index contributed by atoms with van der Waals surface area (Å²) < 4.78 is 7.28. The summed E-state index contributed by atoms with van der Waals surface area (Å²) in [7, 11) is 0. The number of furan rings is 1. The van der Waals surface area contributed by atoms with Crippen molar-refractivity contribution in [2.45, 2.75) is 39.8 Å². The van der Waals surface area contributed by atoms with Crippen molar-refractivity contribution in [1.29, 1.82) is 0 Å². The molecule has 1 amide bonds. The van der Waals surface area contributed by atoms with Crippen LogP contribution < -0.4 is 0 Å². The lowest BCUT2D eigenvalue weighted by atomic mass is 10.0. The molecule has 7 nitrogen and oxygen atoms in total. The Hall–Kier alpha value is -3.22. The second kappa shape index (κ2) is 6.44. The van der Waals surface area contributed by atoms with Crippen molar-refractivity contribution in [2.75, 3.05) is 0 Å². The maximum atomic E-state index is 12.9. The SMILES string of the molecule is Cc1ccc2cc(CN(Cc3ccco3)C(=O)C3CC3)c3nnnn3c2c1C. The minimum Gasteiger partial charge on any atom is -0.467 e. The van der Waals surface area contributed by atoms with Gasteiger partial charge in [-0.15, -0.1) is 5.10 Å². The third-order valence-corrected chi connectivity index (χ3v) is 5.56. The molecule has 0 unspecified atom stereocenters. The number of rotatable bonds is 5. The lowest BCUT2D eigenvalue weighted by Gasteiger charge is -2.22. The summed E-state index contributed by atoms with van der Waals surface area (Å²) in [5, 5.41) is 13.4. The van der Waals surface area contributed by atoms with E-state index >= 15 is 0 Å². The van der Waals surface area contributed by atoms with E-state index < -0.39 is 0 Å². The molecule has 4 aromatic rings. The highest BCUT2D eigenvalue weighted by molar-refractivity contribution is 5.87. The molecule has 5 rings (SSSR count). The Bertz CT molecular complexity index is 1170. The van der Waals surface area contributed by atoms with Crippen LogP contribution in [0.5, 0.6) is 0 Å². The van der Waals surface area contributed by atoms with Crippen molar-refractivity contribution in [3.05, 3.63) is 59.0 Å². The maximum Gasteiger partial charge on any atom is 0.226 e. The third kappa shape index (κ3) is 2.83. The van der Waals surface area contributed by atoms with E-state index in [4.69, 9.17) is 4.42 Å². The minimum absolute atomic E-state index is 0.132. The Morgan fingerprint density at radius 3 is 2.86 bits per heavy atom. The third-order valence-electron chi connectivity index (χ3n) is 5.56. The van der Waals surface area contributed by atoms with Crippen molar-refractivity contribution in [3.63, 3.8) is 0 Å². The average Bonchev–Trinajstić information content (AvgIpc) is 3.19. The van der Waals surface area contributed by atoms with Crippen molar-refractivity contribution in [1.82, 2.24) is 24.9 Å². The summed E-state index contributed by atoms with van der Waals surface area (Å²) in [6.07, 6.45) is 3.56. The number of nitrogens with zero attached hydrogens (tertiary/aromatic N) is 5. The zero-order valence-corrected chi connectivity index (χ0v) is 15.9. The van der Waals surface area contributed by atoms with Gasteiger partial charge in [-0.25, -0.2) is 0 Å². The van der Waals surface area contributed by atoms with Gasteiger partial charge in [0.05, 0.1) is 18.3 Å². The van der Waals surface area contributed by atoms with Gasteiger partial charge in [0.2, 0.25) is 5.91 Å². The monoisotopic (exact) mass is 375 g/mol. The maximum absolute atomic E-state index is 12.9. The van der Waals surface area contributed by atoms with Crippen LogP contribution in [0.15, 0.2) is 41.0 Å². The summed E-state index contributed by atoms with van der Waals surface area (Å²) >= 11 is 0. The predicted octanol–water partition coefficient (Wildman–Crippen LogP) is 3.43. The van der Waals surface area contributed by atoms with Gasteiger partial charge in [0.25, 0.3) is 0 Å². The fourth-order valence-corrected chi connectivity index (χ4v) is 3.72. The second-order valence-electron chi connectivity index (χ2n) is 7.58. The van der Waals surface area contributed by atoms with Gasteiger partial charge in [-0.3, -0.25) is 4.79 Å². The minimum atomic E-state index is 0.132. The Labute approximate surface area is 161 Å². The number of hydrogen-bond acceptors (Lipinski definition) is 5. The van der Waals surface area contributed by atoms with Crippen LogP contribution in [0.25, 0.3) is 16.6 Å². The van der Waals surface area contributed by atoms with Crippen LogP contribution in [0.4, 0.5) is 0 Å². The molecule has 0 atom stereocenters. The van der Waals surface area contributed by atoms with Crippen molar-refractivity contribution in [3.8, 4) is 0 Å². The van der Waals surface area contributed by atoms with Gasteiger partial charge in [-0.1, -0.05) is 12.1 Å². The molecule has 0 radical (unpaired) electrons. The first-order valence-corrected chi connectivity index (χ1v) is 9.53. The Balaban J connectivity index is 1.59. The van der Waals surface area contributed by atoms with Crippen molar-refractivity contribution >= 4 is 22.5 Å². The molecule has 1 saturated carbocycles. The van der Waals surface area contributed by atoms with Crippen LogP contribution in [-0.4, -0.2) is 30.8 Å². The lowest BCUT2D eigenvalue weighted by Crippen LogP contribution is -2.31. The molecule has 0 bridgehead atoms. The van der Waals surface area contributed by atoms with E-state index in [9.17, 15) is 4.79 Å². The molecule has 3 heterocycles. The fourth-order valence-electron chi connectivity index (χ4n) is 3.72. The molecule has 0 N–H and O–H groups in total. The molecule has 1 fully saturated rings. The van der Waals surface area contributed by atoms with Crippen LogP contribution in [0.1, 0.15) is 35.3 Å². The highest BCUT2D eigenvalue weighted by Crippen LogP contribution is 2.33. The molecule has 0 saturated heterocycles. The number of pyridine rings is 1. The average molecular weight is 375 g/mol. The molecule has 1 aliphatic rings.